The van der Waals surface area contributed by atoms with Crippen molar-refractivity contribution in [3.05, 3.63) is 47.5 Å². The van der Waals surface area contributed by atoms with Crippen LogP contribution in [0, 0.1) is 6.92 Å². The van der Waals surface area contributed by atoms with Crippen molar-refractivity contribution in [1.82, 2.24) is 20.1 Å². The number of nitrogens with one attached hydrogen (secondary N) is 1. The number of aromatic nitrogens is 3. The Morgan fingerprint density at radius 2 is 1.90 bits per heavy atom. The Morgan fingerprint density at radius 3 is 2.52 bits per heavy atom. The van der Waals surface area contributed by atoms with Crippen LogP contribution in [0.2, 0.25) is 0 Å². The third-order valence-electron chi connectivity index (χ3n) is 3.75. The van der Waals surface area contributed by atoms with Crippen molar-refractivity contribution < 1.29 is 0 Å². The molecule has 0 saturated carbocycles. The van der Waals surface area contributed by atoms with Crippen molar-refractivity contribution in [3.8, 4) is 0 Å². The van der Waals surface area contributed by atoms with Crippen molar-refractivity contribution in [2.75, 3.05) is 6.54 Å². The normalized spacial score (nSPS) is 12.8. The van der Waals surface area contributed by atoms with Crippen molar-refractivity contribution in [1.29, 1.82) is 0 Å². The maximum absolute atomic E-state index is 4.42. The van der Waals surface area contributed by atoms with Gasteiger partial charge in [-0.05, 0) is 19.4 Å². The SMILES string of the molecule is CCn1ncnc1CC(CNC(C)C)c1ccc(C)cc1. The van der Waals surface area contributed by atoms with Crippen molar-refractivity contribution in [2.24, 2.45) is 0 Å². The molecule has 0 aliphatic rings. The lowest BCUT2D eigenvalue weighted by Crippen LogP contribution is -2.29. The molecule has 0 bridgehead atoms. The van der Waals surface area contributed by atoms with E-state index in [1.807, 2.05) is 4.68 Å². The van der Waals surface area contributed by atoms with E-state index in [9.17, 15) is 0 Å². The molecule has 1 aromatic carbocycles. The largest absolute Gasteiger partial charge is 0.314 e. The minimum atomic E-state index is 0.419. The van der Waals surface area contributed by atoms with Crippen LogP contribution in [0.3, 0.4) is 0 Å². The number of hydrogen-bond acceptors (Lipinski definition) is 3. The van der Waals surface area contributed by atoms with Crippen LogP contribution in [-0.4, -0.2) is 27.4 Å². The molecule has 1 N–H and O–H groups in total. The number of hydrogen-bond donors (Lipinski definition) is 1. The Hall–Kier alpha value is -1.68. The molecule has 0 aliphatic heterocycles. The molecule has 0 saturated heterocycles. The average Bonchev–Trinajstić information content (AvgIpc) is 2.91. The van der Waals surface area contributed by atoms with E-state index in [1.54, 1.807) is 6.33 Å². The zero-order valence-corrected chi connectivity index (χ0v) is 13.5. The second kappa shape index (κ2) is 7.36. The first kappa shape index (κ1) is 15.7. The molecule has 0 amide bonds. The molecule has 0 fully saturated rings. The lowest BCUT2D eigenvalue weighted by atomic mass is 9.94. The first-order valence-corrected chi connectivity index (χ1v) is 7.76. The summed E-state index contributed by atoms with van der Waals surface area (Å²) in [5.41, 5.74) is 2.66. The number of rotatable bonds is 7. The molecule has 4 nitrogen and oxygen atoms in total. The average molecular weight is 286 g/mol. The summed E-state index contributed by atoms with van der Waals surface area (Å²) in [4.78, 5) is 4.42. The molecular formula is C17H26N4. The summed E-state index contributed by atoms with van der Waals surface area (Å²) in [7, 11) is 0. The lowest BCUT2D eigenvalue weighted by molar-refractivity contribution is 0.505. The number of benzene rings is 1. The van der Waals surface area contributed by atoms with Crippen molar-refractivity contribution in [3.63, 3.8) is 0 Å². The van der Waals surface area contributed by atoms with Crippen LogP contribution in [0.15, 0.2) is 30.6 Å². The molecule has 1 aromatic heterocycles. The molecule has 2 rings (SSSR count). The molecule has 1 unspecified atom stereocenters. The summed E-state index contributed by atoms with van der Waals surface area (Å²) < 4.78 is 1.98. The van der Waals surface area contributed by atoms with Gasteiger partial charge in [0.2, 0.25) is 0 Å². The van der Waals surface area contributed by atoms with E-state index in [0.717, 1.165) is 25.3 Å². The van der Waals surface area contributed by atoms with Gasteiger partial charge in [-0.3, -0.25) is 4.68 Å². The summed E-state index contributed by atoms with van der Waals surface area (Å²) in [5, 5.41) is 7.83. The quantitative estimate of drug-likeness (QED) is 0.851. The molecule has 4 heteroatoms. The van der Waals surface area contributed by atoms with E-state index in [-0.39, 0.29) is 0 Å². The predicted octanol–water partition coefficient (Wildman–Crippen LogP) is 2.93. The molecule has 0 radical (unpaired) electrons. The maximum atomic E-state index is 4.42. The summed E-state index contributed by atoms with van der Waals surface area (Å²) in [6, 6.07) is 9.32. The lowest BCUT2D eigenvalue weighted by Gasteiger charge is -2.20. The van der Waals surface area contributed by atoms with Crippen LogP contribution in [0.1, 0.15) is 43.6 Å². The van der Waals surface area contributed by atoms with Crippen LogP contribution in [-0.2, 0) is 13.0 Å². The van der Waals surface area contributed by atoms with E-state index in [1.165, 1.54) is 11.1 Å². The first-order valence-electron chi connectivity index (χ1n) is 7.76. The fraction of sp³-hybridized carbons (Fsp3) is 0.529. The topological polar surface area (TPSA) is 42.7 Å². The van der Waals surface area contributed by atoms with Gasteiger partial charge in [0.15, 0.2) is 0 Å². The highest BCUT2D eigenvalue weighted by atomic mass is 15.3. The Kier molecular flexibility index (Phi) is 5.51. The highest BCUT2D eigenvalue weighted by Gasteiger charge is 2.16. The summed E-state index contributed by atoms with van der Waals surface area (Å²) in [6.45, 7) is 10.4. The Morgan fingerprint density at radius 1 is 1.19 bits per heavy atom. The van der Waals surface area contributed by atoms with Crippen LogP contribution in [0.25, 0.3) is 0 Å². The van der Waals surface area contributed by atoms with Gasteiger partial charge in [-0.15, -0.1) is 0 Å². The summed E-state index contributed by atoms with van der Waals surface area (Å²) in [5.74, 6) is 1.48. The second-order valence-electron chi connectivity index (χ2n) is 5.87. The molecular weight excluding hydrogens is 260 g/mol. The molecule has 0 spiro atoms. The molecule has 2 aromatic rings. The Labute approximate surface area is 127 Å². The maximum Gasteiger partial charge on any atom is 0.138 e. The van der Waals surface area contributed by atoms with Crippen LogP contribution in [0.5, 0.6) is 0 Å². The molecule has 1 heterocycles. The van der Waals surface area contributed by atoms with Gasteiger partial charge < -0.3 is 5.32 Å². The van der Waals surface area contributed by atoms with Gasteiger partial charge in [0.1, 0.15) is 12.2 Å². The molecule has 0 aliphatic carbocycles. The van der Waals surface area contributed by atoms with Gasteiger partial charge in [0.05, 0.1) is 0 Å². The van der Waals surface area contributed by atoms with E-state index >= 15 is 0 Å². The fourth-order valence-electron chi connectivity index (χ4n) is 2.46. The third-order valence-corrected chi connectivity index (χ3v) is 3.75. The van der Waals surface area contributed by atoms with E-state index < -0.39 is 0 Å². The van der Waals surface area contributed by atoms with E-state index in [0.29, 0.717) is 12.0 Å². The number of nitrogens with zero attached hydrogens (tertiary/aromatic N) is 3. The zero-order valence-electron chi connectivity index (χ0n) is 13.5. The van der Waals surface area contributed by atoms with Crippen molar-refractivity contribution in [2.45, 2.75) is 52.6 Å². The van der Waals surface area contributed by atoms with Gasteiger partial charge in [-0.1, -0.05) is 43.7 Å². The molecule has 114 valence electrons. The molecule has 21 heavy (non-hydrogen) atoms. The Balaban J connectivity index is 2.17. The Bertz CT molecular complexity index is 542. The highest BCUT2D eigenvalue weighted by molar-refractivity contribution is 5.25. The fourth-order valence-corrected chi connectivity index (χ4v) is 2.46. The first-order chi connectivity index (χ1) is 10.1. The molecule has 1 atom stereocenters. The zero-order chi connectivity index (χ0) is 15.2. The van der Waals surface area contributed by atoms with Gasteiger partial charge in [0, 0.05) is 31.5 Å². The minimum absolute atomic E-state index is 0.419. The van der Waals surface area contributed by atoms with Gasteiger partial charge in [-0.2, -0.15) is 5.10 Å². The third kappa shape index (κ3) is 4.39. The standard InChI is InChI=1S/C17H26N4/c1-5-21-17(19-12-20-21)10-16(11-18-13(2)3)15-8-6-14(4)7-9-15/h6-9,12-13,16,18H,5,10-11H2,1-4H3. The summed E-state index contributed by atoms with van der Waals surface area (Å²) in [6.07, 6.45) is 2.57. The van der Waals surface area contributed by atoms with E-state index in [2.05, 4.69) is 67.4 Å². The van der Waals surface area contributed by atoms with Gasteiger partial charge in [-0.25, -0.2) is 4.98 Å². The monoisotopic (exact) mass is 286 g/mol. The van der Waals surface area contributed by atoms with E-state index in [4.69, 9.17) is 0 Å². The second-order valence-corrected chi connectivity index (χ2v) is 5.87. The van der Waals surface area contributed by atoms with Crippen molar-refractivity contribution >= 4 is 0 Å². The predicted molar refractivity (Wildman–Crippen MR) is 86.5 cm³/mol. The smallest absolute Gasteiger partial charge is 0.138 e. The van der Waals surface area contributed by atoms with Crippen LogP contribution < -0.4 is 5.32 Å². The number of aryl methyl sites for hydroxylation is 2. The highest BCUT2D eigenvalue weighted by Crippen LogP contribution is 2.20. The van der Waals surface area contributed by atoms with Crippen LogP contribution >= 0.6 is 0 Å². The van der Waals surface area contributed by atoms with Gasteiger partial charge in [0.25, 0.3) is 0 Å². The minimum Gasteiger partial charge on any atom is -0.314 e. The van der Waals surface area contributed by atoms with Crippen LogP contribution in [0.4, 0.5) is 0 Å². The van der Waals surface area contributed by atoms with Gasteiger partial charge >= 0.3 is 0 Å². The summed E-state index contributed by atoms with van der Waals surface area (Å²) >= 11 is 0.